The van der Waals surface area contributed by atoms with Gasteiger partial charge in [0.2, 0.25) is 6.79 Å². The Morgan fingerprint density at radius 3 is 2.71 bits per heavy atom. The highest BCUT2D eigenvalue weighted by Crippen LogP contribution is 2.33. The molecule has 0 radical (unpaired) electrons. The molecule has 2 heterocycles. The number of hydrogen-bond acceptors (Lipinski definition) is 5. The molecule has 1 aromatic heterocycles. The molecule has 5 heteroatoms. The van der Waals surface area contributed by atoms with Gasteiger partial charge in [-0.25, -0.2) is 4.98 Å². The standard InChI is InChI=1S/C19H15NO3S/c1-21-15-6-4-14(5-7-15)16-11-24-19(20-16)9-3-13-2-8-17-18(10-13)23-12-22-17/h2-11H,12H2,1H3/b9-3+. The fourth-order valence-corrected chi connectivity index (χ4v) is 3.16. The van der Waals surface area contributed by atoms with E-state index in [1.807, 2.05) is 54.6 Å². The first kappa shape index (κ1) is 14.8. The minimum absolute atomic E-state index is 0.292. The number of benzene rings is 2. The normalized spacial score (nSPS) is 12.7. The van der Waals surface area contributed by atoms with Gasteiger partial charge in [-0.15, -0.1) is 11.3 Å². The summed E-state index contributed by atoms with van der Waals surface area (Å²) in [6.45, 7) is 0.292. The second kappa shape index (κ2) is 6.37. The lowest BCUT2D eigenvalue weighted by Gasteiger charge is -2.00. The van der Waals surface area contributed by atoms with Gasteiger partial charge in [-0.1, -0.05) is 12.1 Å². The van der Waals surface area contributed by atoms with Crippen molar-refractivity contribution in [2.24, 2.45) is 0 Å². The van der Waals surface area contributed by atoms with E-state index >= 15 is 0 Å². The molecular weight excluding hydrogens is 322 g/mol. The van der Waals surface area contributed by atoms with Crippen LogP contribution >= 0.6 is 11.3 Å². The van der Waals surface area contributed by atoms with Gasteiger partial charge >= 0.3 is 0 Å². The number of fused-ring (bicyclic) bond motifs is 1. The molecule has 0 amide bonds. The first-order chi connectivity index (χ1) is 11.8. The Morgan fingerprint density at radius 2 is 1.88 bits per heavy atom. The molecule has 3 aromatic rings. The highest BCUT2D eigenvalue weighted by molar-refractivity contribution is 7.10. The SMILES string of the molecule is COc1ccc(-c2csc(/C=C/c3ccc4c(c3)OCO4)n2)cc1. The molecule has 0 unspecified atom stereocenters. The van der Waals surface area contributed by atoms with Gasteiger partial charge in [0.25, 0.3) is 0 Å². The van der Waals surface area contributed by atoms with Crippen LogP contribution in [-0.2, 0) is 0 Å². The van der Waals surface area contributed by atoms with Crippen LogP contribution in [0.3, 0.4) is 0 Å². The van der Waals surface area contributed by atoms with Crippen LogP contribution in [0, 0.1) is 0 Å². The van der Waals surface area contributed by atoms with Crippen LogP contribution in [0.4, 0.5) is 0 Å². The Morgan fingerprint density at radius 1 is 1.04 bits per heavy atom. The van der Waals surface area contributed by atoms with Crippen LogP contribution in [0.5, 0.6) is 17.2 Å². The number of rotatable bonds is 4. The summed E-state index contributed by atoms with van der Waals surface area (Å²) >= 11 is 1.61. The average molecular weight is 337 g/mol. The van der Waals surface area contributed by atoms with Crippen molar-refractivity contribution in [3.63, 3.8) is 0 Å². The van der Waals surface area contributed by atoms with E-state index in [0.29, 0.717) is 6.79 Å². The molecule has 0 spiro atoms. The Labute approximate surface area is 144 Å². The third-order valence-corrected chi connectivity index (χ3v) is 4.53. The lowest BCUT2D eigenvalue weighted by atomic mass is 10.2. The predicted molar refractivity (Wildman–Crippen MR) is 95.6 cm³/mol. The van der Waals surface area contributed by atoms with Crippen LogP contribution in [0.2, 0.25) is 0 Å². The van der Waals surface area contributed by atoms with Crippen LogP contribution in [0.1, 0.15) is 10.6 Å². The largest absolute Gasteiger partial charge is 0.497 e. The van der Waals surface area contributed by atoms with Crippen molar-refractivity contribution >= 4 is 23.5 Å². The summed E-state index contributed by atoms with van der Waals surface area (Å²) in [5.74, 6) is 2.43. The summed E-state index contributed by atoms with van der Waals surface area (Å²) in [4.78, 5) is 4.66. The van der Waals surface area contributed by atoms with Gasteiger partial charge in [0.15, 0.2) is 11.5 Å². The van der Waals surface area contributed by atoms with E-state index in [1.165, 1.54) is 0 Å². The molecule has 0 saturated heterocycles. The van der Waals surface area contributed by atoms with Crippen molar-refractivity contribution < 1.29 is 14.2 Å². The third-order valence-electron chi connectivity index (χ3n) is 3.72. The monoisotopic (exact) mass is 337 g/mol. The van der Waals surface area contributed by atoms with Crippen LogP contribution < -0.4 is 14.2 Å². The minimum atomic E-state index is 0.292. The number of aromatic nitrogens is 1. The van der Waals surface area contributed by atoms with E-state index in [9.17, 15) is 0 Å². The molecule has 0 aliphatic carbocycles. The summed E-state index contributed by atoms with van der Waals surface area (Å²) in [5.41, 5.74) is 3.10. The quantitative estimate of drug-likeness (QED) is 0.691. The van der Waals surface area contributed by atoms with Crippen molar-refractivity contribution in [2.75, 3.05) is 13.9 Å². The molecule has 0 N–H and O–H groups in total. The Kier molecular flexibility index (Phi) is 3.92. The van der Waals surface area contributed by atoms with Gasteiger partial charge in [0.05, 0.1) is 12.8 Å². The van der Waals surface area contributed by atoms with Gasteiger partial charge in [-0.05, 0) is 48.0 Å². The van der Waals surface area contributed by atoms with Crippen molar-refractivity contribution in [3.05, 3.63) is 58.4 Å². The maximum absolute atomic E-state index is 5.39. The highest BCUT2D eigenvalue weighted by atomic mass is 32.1. The van der Waals surface area contributed by atoms with Gasteiger partial charge in [0, 0.05) is 10.9 Å². The number of nitrogens with zero attached hydrogens (tertiary/aromatic N) is 1. The van der Waals surface area contributed by atoms with Crippen molar-refractivity contribution in [1.82, 2.24) is 4.98 Å². The summed E-state index contributed by atoms with van der Waals surface area (Å²) in [5, 5.41) is 3.01. The average Bonchev–Trinajstić information content (AvgIpc) is 3.29. The molecule has 0 atom stereocenters. The second-order valence-corrected chi connectivity index (χ2v) is 6.14. The minimum Gasteiger partial charge on any atom is -0.497 e. The molecule has 4 rings (SSSR count). The topological polar surface area (TPSA) is 40.6 Å². The molecule has 24 heavy (non-hydrogen) atoms. The van der Waals surface area contributed by atoms with E-state index in [1.54, 1.807) is 18.4 Å². The molecular formula is C19H15NO3S. The second-order valence-electron chi connectivity index (χ2n) is 5.25. The molecule has 1 aliphatic rings. The maximum Gasteiger partial charge on any atom is 0.231 e. The van der Waals surface area contributed by atoms with Crippen molar-refractivity contribution in [1.29, 1.82) is 0 Å². The van der Waals surface area contributed by atoms with Gasteiger partial charge < -0.3 is 14.2 Å². The predicted octanol–water partition coefficient (Wildman–Crippen LogP) is 4.72. The first-order valence-electron chi connectivity index (χ1n) is 7.49. The molecule has 0 bridgehead atoms. The van der Waals surface area contributed by atoms with Crippen molar-refractivity contribution in [3.8, 4) is 28.5 Å². The Hall–Kier alpha value is -2.79. The maximum atomic E-state index is 5.39. The van der Waals surface area contributed by atoms with E-state index < -0.39 is 0 Å². The number of hydrogen-bond donors (Lipinski definition) is 0. The number of methoxy groups -OCH3 is 1. The fourth-order valence-electron chi connectivity index (χ4n) is 2.44. The Bertz CT molecular complexity index is 884. The molecule has 120 valence electrons. The van der Waals surface area contributed by atoms with E-state index in [0.717, 1.165) is 39.1 Å². The highest BCUT2D eigenvalue weighted by Gasteiger charge is 2.12. The lowest BCUT2D eigenvalue weighted by Crippen LogP contribution is -1.92. The summed E-state index contributed by atoms with van der Waals surface area (Å²) in [6, 6.07) is 13.8. The third kappa shape index (κ3) is 2.98. The number of ether oxygens (including phenoxy) is 3. The summed E-state index contributed by atoms with van der Waals surface area (Å²) in [6.07, 6.45) is 4.04. The zero-order valence-corrected chi connectivity index (χ0v) is 13.9. The Balaban J connectivity index is 1.52. The zero-order chi connectivity index (χ0) is 16.4. The summed E-state index contributed by atoms with van der Waals surface area (Å²) < 4.78 is 15.9. The molecule has 1 aliphatic heterocycles. The number of thiazole rings is 1. The van der Waals surface area contributed by atoms with Gasteiger partial charge in [-0.3, -0.25) is 0 Å². The molecule has 0 fully saturated rings. The first-order valence-corrected chi connectivity index (χ1v) is 8.37. The van der Waals surface area contributed by atoms with Gasteiger partial charge in [0.1, 0.15) is 10.8 Å². The van der Waals surface area contributed by atoms with Crippen LogP contribution in [0.15, 0.2) is 47.8 Å². The van der Waals surface area contributed by atoms with Crippen LogP contribution in [-0.4, -0.2) is 18.9 Å². The van der Waals surface area contributed by atoms with Gasteiger partial charge in [-0.2, -0.15) is 0 Å². The molecule has 4 nitrogen and oxygen atoms in total. The summed E-state index contributed by atoms with van der Waals surface area (Å²) in [7, 11) is 1.66. The van der Waals surface area contributed by atoms with E-state index in [-0.39, 0.29) is 0 Å². The fraction of sp³-hybridized carbons (Fsp3) is 0.105. The lowest BCUT2D eigenvalue weighted by molar-refractivity contribution is 0.174. The van der Waals surface area contributed by atoms with E-state index in [2.05, 4.69) is 10.4 Å². The van der Waals surface area contributed by atoms with Crippen LogP contribution in [0.25, 0.3) is 23.4 Å². The molecule has 0 saturated carbocycles. The molecule has 2 aromatic carbocycles. The zero-order valence-electron chi connectivity index (χ0n) is 13.1. The smallest absolute Gasteiger partial charge is 0.231 e. The van der Waals surface area contributed by atoms with Crippen molar-refractivity contribution in [2.45, 2.75) is 0 Å². The van der Waals surface area contributed by atoms with E-state index in [4.69, 9.17) is 14.2 Å².